The zero-order valence-corrected chi connectivity index (χ0v) is 16.3. The van der Waals surface area contributed by atoms with Gasteiger partial charge in [0, 0.05) is 45.0 Å². The minimum Gasteiger partial charge on any atom is -0.385 e. The molecule has 0 spiro atoms. The Balaban J connectivity index is 1.62. The Morgan fingerprint density at radius 3 is 2.61 bits per heavy atom. The molecule has 0 amide bonds. The van der Waals surface area contributed by atoms with Crippen LogP contribution in [-0.2, 0) is 17.7 Å². The van der Waals surface area contributed by atoms with Crippen LogP contribution in [0.4, 0.5) is 11.8 Å². The lowest BCUT2D eigenvalue weighted by Gasteiger charge is -2.29. The van der Waals surface area contributed by atoms with Crippen LogP contribution in [0.15, 0.2) is 60.7 Å². The second kappa shape index (κ2) is 8.85. The van der Waals surface area contributed by atoms with Gasteiger partial charge < -0.3 is 15.0 Å². The molecule has 5 nitrogen and oxygen atoms in total. The number of ether oxygens (including phenoxy) is 1. The van der Waals surface area contributed by atoms with Crippen LogP contribution in [0.2, 0.25) is 0 Å². The zero-order valence-electron chi connectivity index (χ0n) is 16.3. The highest BCUT2D eigenvalue weighted by Gasteiger charge is 2.19. The van der Waals surface area contributed by atoms with Crippen LogP contribution in [0.5, 0.6) is 0 Å². The van der Waals surface area contributed by atoms with Crippen molar-refractivity contribution in [2.75, 3.05) is 37.0 Å². The first-order valence-corrected chi connectivity index (χ1v) is 9.82. The maximum Gasteiger partial charge on any atom is 0.228 e. The van der Waals surface area contributed by atoms with Crippen molar-refractivity contribution in [2.24, 2.45) is 0 Å². The van der Waals surface area contributed by atoms with E-state index >= 15 is 0 Å². The predicted octanol–water partition coefficient (Wildman–Crippen LogP) is 4.15. The van der Waals surface area contributed by atoms with Crippen LogP contribution in [0, 0.1) is 0 Å². The van der Waals surface area contributed by atoms with E-state index in [2.05, 4.69) is 46.6 Å². The Bertz CT molecular complexity index is 913. The molecular weight excluding hydrogens is 348 g/mol. The van der Waals surface area contributed by atoms with Crippen LogP contribution < -0.4 is 10.2 Å². The summed E-state index contributed by atoms with van der Waals surface area (Å²) >= 11 is 0. The van der Waals surface area contributed by atoms with Gasteiger partial charge in [-0.05, 0) is 24.0 Å². The number of aromatic nitrogens is 2. The summed E-state index contributed by atoms with van der Waals surface area (Å²) in [5.74, 6) is 1.64. The molecule has 1 aromatic heterocycles. The van der Waals surface area contributed by atoms with Gasteiger partial charge in [0.1, 0.15) is 5.82 Å². The largest absolute Gasteiger partial charge is 0.385 e. The van der Waals surface area contributed by atoms with Crippen molar-refractivity contribution in [1.29, 1.82) is 0 Å². The zero-order chi connectivity index (χ0) is 19.2. The molecule has 0 atom stereocenters. The van der Waals surface area contributed by atoms with Crippen LogP contribution >= 0.6 is 0 Å². The number of nitrogens with zero attached hydrogens (tertiary/aromatic N) is 3. The van der Waals surface area contributed by atoms with Gasteiger partial charge in [0.25, 0.3) is 0 Å². The molecule has 2 aromatic carbocycles. The molecule has 0 bridgehead atoms. The molecule has 2 heterocycles. The minimum atomic E-state index is 0.736. The smallest absolute Gasteiger partial charge is 0.228 e. The Kier molecular flexibility index (Phi) is 5.83. The summed E-state index contributed by atoms with van der Waals surface area (Å²) in [5, 5.41) is 3.43. The number of hydrogen-bond acceptors (Lipinski definition) is 5. The molecule has 0 fully saturated rings. The highest BCUT2D eigenvalue weighted by Crippen LogP contribution is 2.26. The van der Waals surface area contributed by atoms with Crippen LogP contribution in [0.3, 0.4) is 0 Å². The third-order valence-corrected chi connectivity index (χ3v) is 5.03. The number of methoxy groups -OCH3 is 1. The van der Waals surface area contributed by atoms with Gasteiger partial charge in [0.05, 0.1) is 5.69 Å². The first-order valence-electron chi connectivity index (χ1n) is 9.82. The van der Waals surface area contributed by atoms with E-state index in [1.165, 1.54) is 11.1 Å². The average Bonchev–Trinajstić information content (AvgIpc) is 2.77. The van der Waals surface area contributed by atoms with Gasteiger partial charge in [-0.15, -0.1) is 0 Å². The fourth-order valence-corrected chi connectivity index (χ4v) is 3.52. The topological polar surface area (TPSA) is 50.3 Å². The lowest BCUT2D eigenvalue weighted by atomic mass is 10.0. The predicted molar refractivity (Wildman–Crippen MR) is 114 cm³/mol. The normalized spacial score (nSPS) is 13.2. The molecule has 1 aliphatic rings. The molecule has 4 rings (SSSR count). The first-order chi connectivity index (χ1) is 13.8. The van der Waals surface area contributed by atoms with Crippen LogP contribution in [0.1, 0.15) is 17.5 Å². The van der Waals surface area contributed by atoms with Crippen molar-refractivity contribution >= 4 is 11.8 Å². The third-order valence-electron chi connectivity index (χ3n) is 5.03. The molecule has 28 heavy (non-hydrogen) atoms. The van der Waals surface area contributed by atoms with Gasteiger partial charge in [-0.2, -0.15) is 4.98 Å². The summed E-state index contributed by atoms with van der Waals surface area (Å²) < 4.78 is 5.14. The van der Waals surface area contributed by atoms with Crippen molar-refractivity contribution in [2.45, 2.75) is 19.4 Å². The van der Waals surface area contributed by atoms with Crippen molar-refractivity contribution in [3.05, 3.63) is 71.8 Å². The minimum absolute atomic E-state index is 0.736. The van der Waals surface area contributed by atoms with Crippen LogP contribution in [0.25, 0.3) is 11.3 Å². The lowest BCUT2D eigenvalue weighted by Crippen LogP contribution is -2.32. The maximum atomic E-state index is 5.14. The van der Waals surface area contributed by atoms with Crippen molar-refractivity contribution < 1.29 is 4.74 Å². The lowest BCUT2D eigenvalue weighted by molar-refractivity contribution is 0.198. The summed E-state index contributed by atoms with van der Waals surface area (Å²) in [6, 6.07) is 21.0. The van der Waals surface area contributed by atoms with Crippen molar-refractivity contribution in [1.82, 2.24) is 9.97 Å². The van der Waals surface area contributed by atoms with Gasteiger partial charge in [0.15, 0.2) is 0 Å². The fourth-order valence-electron chi connectivity index (χ4n) is 3.52. The third kappa shape index (κ3) is 4.31. The van der Waals surface area contributed by atoms with E-state index in [1.54, 1.807) is 7.11 Å². The number of benzene rings is 2. The summed E-state index contributed by atoms with van der Waals surface area (Å²) in [6.45, 7) is 3.33. The average molecular weight is 374 g/mol. The summed E-state index contributed by atoms with van der Waals surface area (Å²) in [5.41, 5.74) is 4.83. The molecule has 1 aliphatic heterocycles. The molecule has 144 valence electrons. The molecule has 5 heteroatoms. The standard InChI is InChI=1S/C23H26N4O/c1-28-15-7-13-24-22-16-21(19-9-3-2-4-10-19)25-23(26-22)27-14-12-18-8-5-6-11-20(18)17-27/h2-6,8-11,16H,7,12-15,17H2,1H3,(H,24,25,26). The molecule has 0 radical (unpaired) electrons. The molecule has 0 saturated heterocycles. The summed E-state index contributed by atoms with van der Waals surface area (Å²) in [4.78, 5) is 12.0. The number of rotatable bonds is 7. The maximum absolute atomic E-state index is 5.14. The van der Waals surface area contributed by atoms with Gasteiger partial charge in [-0.3, -0.25) is 0 Å². The number of anilines is 2. The molecule has 0 saturated carbocycles. The second-order valence-electron chi connectivity index (χ2n) is 7.02. The van der Waals surface area contributed by atoms with E-state index in [4.69, 9.17) is 14.7 Å². The Morgan fingerprint density at radius 2 is 1.79 bits per heavy atom. The van der Waals surface area contributed by atoms with Gasteiger partial charge in [-0.1, -0.05) is 54.6 Å². The Labute approximate surface area is 166 Å². The van der Waals surface area contributed by atoms with E-state index in [-0.39, 0.29) is 0 Å². The highest BCUT2D eigenvalue weighted by atomic mass is 16.5. The number of fused-ring (bicyclic) bond motifs is 1. The van der Waals surface area contributed by atoms with E-state index in [1.807, 2.05) is 24.3 Å². The van der Waals surface area contributed by atoms with Crippen LogP contribution in [-0.4, -0.2) is 36.8 Å². The Hall–Kier alpha value is -2.92. The SMILES string of the molecule is COCCCNc1cc(-c2ccccc2)nc(N2CCc3ccccc3C2)n1. The highest BCUT2D eigenvalue weighted by molar-refractivity contribution is 5.64. The molecule has 1 N–H and O–H groups in total. The van der Waals surface area contributed by atoms with Gasteiger partial charge in [0.2, 0.25) is 5.95 Å². The molecular formula is C23H26N4O. The first kappa shape index (κ1) is 18.4. The molecule has 3 aromatic rings. The fraction of sp³-hybridized carbons (Fsp3) is 0.304. The number of nitrogens with one attached hydrogen (secondary N) is 1. The second-order valence-corrected chi connectivity index (χ2v) is 7.02. The van der Waals surface area contributed by atoms with E-state index in [0.717, 1.165) is 62.1 Å². The Morgan fingerprint density at radius 1 is 1.00 bits per heavy atom. The van der Waals surface area contributed by atoms with E-state index in [0.29, 0.717) is 0 Å². The van der Waals surface area contributed by atoms with Gasteiger partial charge >= 0.3 is 0 Å². The van der Waals surface area contributed by atoms with E-state index < -0.39 is 0 Å². The monoisotopic (exact) mass is 374 g/mol. The summed E-state index contributed by atoms with van der Waals surface area (Å²) in [7, 11) is 1.73. The van der Waals surface area contributed by atoms with Gasteiger partial charge in [-0.25, -0.2) is 4.98 Å². The quantitative estimate of drug-likeness (QED) is 0.630. The van der Waals surface area contributed by atoms with Crippen molar-refractivity contribution in [3.63, 3.8) is 0 Å². The summed E-state index contributed by atoms with van der Waals surface area (Å²) in [6.07, 6.45) is 1.96. The van der Waals surface area contributed by atoms with E-state index in [9.17, 15) is 0 Å². The molecule has 0 aliphatic carbocycles. The number of hydrogen-bond donors (Lipinski definition) is 1. The molecule has 0 unspecified atom stereocenters. The van der Waals surface area contributed by atoms with Crippen molar-refractivity contribution in [3.8, 4) is 11.3 Å².